The molecule has 1 aliphatic rings. The Balaban J connectivity index is 1.92. The molecule has 2 rings (SSSR count). The third-order valence-corrected chi connectivity index (χ3v) is 4.02. The molecule has 106 valence electrons. The van der Waals surface area contributed by atoms with Crippen LogP contribution in [-0.2, 0) is 6.54 Å². The van der Waals surface area contributed by atoms with Crippen LogP contribution in [0.3, 0.4) is 0 Å². The molecule has 0 radical (unpaired) electrons. The molecule has 1 saturated heterocycles. The Hall–Kier alpha value is -1.09. The number of nitrogen functional groups attached to an aromatic ring is 1. The zero-order chi connectivity index (χ0) is 13.7. The van der Waals surface area contributed by atoms with Gasteiger partial charge in [0.05, 0.1) is 0 Å². The van der Waals surface area contributed by atoms with E-state index < -0.39 is 0 Å². The molecule has 0 bridgehead atoms. The molecule has 0 spiro atoms. The number of halogens is 1. The Morgan fingerprint density at radius 3 is 2.84 bits per heavy atom. The van der Waals surface area contributed by atoms with Gasteiger partial charge in [0.1, 0.15) is 5.82 Å². The Bertz CT molecular complexity index is 385. The fourth-order valence-electron chi connectivity index (χ4n) is 3.10. The van der Waals surface area contributed by atoms with Crippen LogP contribution in [0.5, 0.6) is 0 Å². The summed E-state index contributed by atoms with van der Waals surface area (Å²) in [6, 6.07) is 4.87. The van der Waals surface area contributed by atoms with Crippen molar-refractivity contribution in [3.63, 3.8) is 0 Å². The van der Waals surface area contributed by atoms with E-state index in [0.29, 0.717) is 5.69 Å². The monoisotopic (exact) mass is 264 g/mol. The van der Waals surface area contributed by atoms with Gasteiger partial charge in [0.2, 0.25) is 0 Å². The molecule has 0 saturated carbocycles. The summed E-state index contributed by atoms with van der Waals surface area (Å²) in [5, 5.41) is 0. The maximum absolute atomic E-state index is 13.3. The number of anilines is 1. The minimum absolute atomic E-state index is 0.228. The van der Waals surface area contributed by atoms with Gasteiger partial charge in [-0.3, -0.25) is 4.90 Å². The first kappa shape index (κ1) is 14.3. The lowest BCUT2D eigenvalue weighted by atomic mass is 9.96. The zero-order valence-corrected chi connectivity index (χ0v) is 11.9. The van der Waals surface area contributed by atoms with Crippen molar-refractivity contribution in [2.45, 2.75) is 45.6 Å². The number of hydrogen-bond acceptors (Lipinski definition) is 2. The third-order valence-electron chi connectivity index (χ3n) is 4.02. The van der Waals surface area contributed by atoms with E-state index in [1.165, 1.54) is 38.2 Å². The molecule has 1 atom stereocenters. The minimum atomic E-state index is -0.228. The molecule has 1 aromatic carbocycles. The maximum atomic E-state index is 13.3. The van der Waals surface area contributed by atoms with Crippen molar-refractivity contribution in [3.8, 4) is 0 Å². The highest BCUT2D eigenvalue weighted by Crippen LogP contribution is 2.23. The van der Waals surface area contributed by atoms with Gasteiger partial charge in [0.25, 0.3) is 0 Å². The van der Waals surface area contributed by atoms with E-state index in [1.54, 1.807) is 6.07 Å². The van der Waals surface area contributed by atoms with Gasteiger partial charge in [0, 0.05) is 12.2 Å². The van der Waals surface area contributed by atoms with Gasteiger partial charge in [-0.15, -0.1) is 0 Å². The highest BCUT2D eigenvalue weighted by Gasteiger charge is 2.16. The molecule has 1 heterocycles. The van der Waals surface area contributed by atoms with Crippen LogP contribution in [-0.4, -0.2) is 18.0 Å². The standard InChI is InChI=1S/C16H25FN2/c1-2-4-13-5-3-7-19(8-6-13)12-14-9-15(17)11-16(18)10-14/h9-11,13H,2-8,12,18H2,1H3. The van der Waals surface area contributed by atoms with E-state index >= 15 is 0 Å². The molecular weight excluding hydrogens is 239 g/mol. The van der Waals surface area contributed by atoms with Crippen LogP contribution in [0.15, 0.2) is 18.2 Å². The van der Waals surface area contributed by atoms with E-state index in [0.717, 1.165) is 31.1 Å². The first-order valence-electron chi connectivity index (χ1n) is 7.44. The Morgan fingerprint density at radius 1 is 1.26 bits per heavy atom. The van der Waals surface area contributed by atoms with E-state index in [4.69, 9.17) is 5.73 Å². The van der Waals surface area contributed by atoms with Gasteiger partial charge in [0.15, 0.2) is 0 Å². The lowest BCUT2D eigenvalue weighted by molar-refractivity contribution is 0.271. The summed E-state index contributed by atoms with van der Waals surface area (Å²) < 4.78 is 13.3. The number of nitrogens with two attached hydrogens (primary N) is 1. The van der Waals surface area contributed by atoms with Crippen LogP contribution >= 0.6 is 0 Å². The molecule has 2 N–H and O–H groups in total. The van der Waals surface area contributed by atoms with Gasteiger partial charge in [-0.1, -0.05) is 19.8 Å². The van der Waals surface area contributed by atoms with Crippen molar-refractivity contribution in [1.29, 1.82) is 0 Å². The Kier molecular flexibility index (Phi) is 5.20. The molecule has 3 heteroatoms. The summed E-state index contributed by atoms with van der Waals surface area (Å²) in [5.74, 6) is 0.654. The van der Waals surface area contributed by atoms with Crippen LogP contribution in [0.1, 0.15) is 44.6 Å². The van der Waals surface area contributed by atoms with Crippen LogP contribution in [0.2, 0.25) is 0 Å². The molecular formula is C16H25FN2. The number of rotatable bonds is 4. The number of nitrogens with zero attached hydrogens (tertiary/aromatic N) is 1. The summed E-state index contributed by atoms with van der Waals surface area (Å²) in [6.45, 7) is 5.33. The molecule has 1 aliphatic heterocycles. The van der Waals surface area contributed by atoms with Crippen LogP contribution in [0, 0.1) is 11.7 Å². The van der Waals surface area contributed by atoms with Crippen LogP contribution in [0.4, 0.5) is 10.1 Å². The van der Waals surface area contributed by atoms with Gasteiger partial charge >= 0.3 is 0 Å². The normalized spacial score (nSPS) is 21.3. The van der Waals surface area contributed by atoms with Crippen molar-refractivity contribution in [3.05, 3.63) is 29.6 Å². The SMILES string of the molecule is CCCC1CCCN(Cc2cc(N)cc(F)c2)CC1. The highest BCUT2D eigenvalue weighted by atomic mass is 19.1. The zero-order valence-electron chi connectivity index (χ0n) is 11.9. The lowest BCUT2D eigenvalue weighted by Gasteiger charge is -2.20. The van der Waals surface area contributed by atoms with Gasteiger partial charge in [-0.2, -0.15) is 0 Å². The Morgan fingerprint density at radius 2 is 2.11 bits per heavy atom. The van der Waals surface area contributed by atoms with Crippen LogP contribution in [0.25, 0.3) is 0 Å². The fourth-order valence-corrected chi connectivity index (χ4v) is 3.10. The molecule has 0 amide bonds. The Labute approximate surface area is 115 Å². The molecule has 2 nitrogen and oxygen atoms in total. The largest absolute Gasteiger partial charge is 0.399 e. The van der Waals surface area contributed by atoms with Gasteiger partial charge < -0.3 is 5.73 Å². The van der Waals surface area contributed by atoms with Crippen molar-refractivity contribution < 1.29 is 4.39 Å². The second-order valence-corrected chi connectivity index (χ2v) is 5.75. The van der Waals surface area contributed by atoms with Crippen LogP contribution < -0.4 is 5.73 Å². The molecule has 1 fully saturated rings. The van der Waals surface area contributed by atoms with E-state index in [1.807, 2.05) is 6.07 Å². The minimum Gasteiger partial charge on any atom is -0.399 e. The summed E-state index contributed by atoms with van der Waals surface area (Å²) in [6.07, 6.45) is 6.51. The number of hydrogen-bond donors (Lipinski definition) is 1. The average Bonchev–Trinajstić information content (AvgIpc) is 2.54. The van der Waals surface area contributed by atoms with Crippen molar-refractivity contribution in [2.75, 3.05) is 18.8 Å². The average molecular weight is 264 g/mol. The smallest absolute Gasteiger partial charge is 0.125 e. The molecule has 1 aromatic rings. The fraction of sp³-hybridized carbons (Fsp3) is 0.625. The van der Waals surface area contributed by atoms with E-state index in [2.05, 4.69) is 11.8 Å². The maximum Gasteiger partial charge on any atom is 0.125 e. The summed E-state index contributed by atoms with van der Waals surface area (Å²) in [4.78, 5) is 2.43. The highest BCUT2D eigenvalue weighted by molar-refractivity contribution is 5.41. The van der Waals surface area contributed by atoms with Crippen molar-refractivity contribution in [1.82, 2.24) is 4.90 Å². The van der Waals surface area contributed by atoms with E-state index in [9.17, 15) is 4.39 Å². The van der Waals surface area contributed by atoms with Gasteiger partial charge in [-0.25, -0.2) is 4.39 Å². The summed E-state index contributed by atoms with van der Waals surface area (Å²) in [7, 11) is 0. The predicted octanol–water partition coefficient (Wildman–Crippen LogP) is 3.81. The number of benzene rings is 1. The quantitative estimate of drug-likeness (QED) is 0.838. The van der Waals surface area contributed by atoms with Gasteiger partial charge in [-0.05, 0) is 62.0 Å². The molecule has 0 aliphatic carbocycles. The van der Waals surface area contributed by atoms with Crippen molar-refractivity contribution in [2.24, 2.45) is 5.92 Å². The lowest BCUT2D eigenvalue weighted by Crippen LogP contribution is -2.24. The second-order valence-electron chi connectivity index (χ2n) is 5.75. The predicted molar refractivity (Wildman–Crippen MR) is 78.3 cm³/mol. The molecule has 0 aromatic heterocycles. The van der Waals surface area contributed by atoms with E-state index in [-0.39, 0.29) is 5.82 Å². The number of likely N-dealkylation sites (tertiary alicyclic amines) is 1. The first-order valence-corrected chi connectivity index (χ1v) is 7.44. The summed E-state index contributed by atoms with van der Waals surface area (Å²) >= 11 is 0. The molecule has 19 heavy (non-hydrogen) atoms. The first-order chi connectivity index (χ1) is 9.17. The third kappa shape index (κ3) is 4.50. The molecule has 1 unspecified atom stereocenters. The summed E-state index contributed by atoms with van der Waals surface area (Å²) in [5.41, 5.74) is 7.21. The van der Waals surface area contributed by atoms with Crippen molar-refractivity contribution >= 4 is 5.69 Å². The second kappa shape index (κ2) is 6.90. The topological polar surface area (TPSA) is 29.3 Å².